The minimum absolute atomic E-state index is 0. The van der Waals surface area contributed by atoms with Crippen LogP contribution in [0.4, 0.5) is 4.39 Å². The van der Waals surface area contributed by atoms with Gasteiger partial charge in [0.15, 0.2) is 0 Å². The van der Waals surface area contributed by atoms with Gasteiger partial charge in [0.25, 0.3) is 0 Å². The maximum absolute atomic E-state index is 13.4. The molecule has 0 aliphatic heterocycles. The molecule has 1 aliphatic rings. The lowest BCUT2D eigenvalue weighted by molar-refractivity contribution is 0.399. The van der Waals surface area contributed by atoms with Crippen molar-refractivity contribution in [2.45, 2.75) is 43.0 Å². The molecular weight excluding hydrogens is 338 g/mol. The van der Waals surface area contributed by atoms with E-state index in [1.807, 2.05) is 0 Å². The van der Waals surface area contributed by atoms with Crippen LogP contribution in [0.3, 0.4) is 0 Å². The molecule has 0 aromatic heterocycles. The summed E-state index contributed by atoms with van der Waals surface area (Å²) in [4.78, 5) is -0.0993. The number of rotatable bonds is 4. The molecule has 0 amide bonds. The number of halogens is 3. The molecule has 0 radical (unpaired) electrons. The van der Waals surface area contributed by atoms with Gasteiger partial charge in [-0.3, -0.25) is 0 Å². The van der Waals surface area contributed by atoms with Crippen LogP contribution in [0.2, 0.25) is 5.02 Å². The Morgan fingerprint density at radius 1 is 1.38 bits per heavy atom. The standard InChI is InChI=1S/C13H18ClFN2O2S.ClH/c1-9-6-12(10(14)7-11(9)15)20(18,19)17-13(8-16)4-2-3-5-13;/h6-7,17H,2-5,8,16H2,1H3;1H. The topological polar surface area (TPSA) is 72.2 Å². The predicted molar refractivity (Wildman–Crippen MR) is 84.0 cm³/mol. The van der Waals surface area contributed by atoms with Crippen molar-refractivity contribution in [3.05, 3.63) is 28.5 Å². The third-order valence-corrected chi connectivity index (χ3v) is 5.85. The van der Waals surface area contributed by atoms with Crippen molar-refractivity contribution in [3.63, 3.8) is 0 Å². The number of nitrogens with two attached hydrogens (primary N) is 1. The first-order valence-corrected chi connectivity index (χ1v) is 8.35. The van der Waals surface area contributed by atoms with E-state index in [0.717, 1.165) is 18.9 Å². The number of nitrogens with one attached hydrogen (secondary N) is 1. The van der Waals surface area contributed by atoms with Gasteiger partial charge in [0.05, 0.1) is 5.02 Å². The first-order chi connectivity index (χ1) is 9.30. The van der Waals surface area contributed by atoms with Crippen LogP contribution in [0, 0.1) is 12.7 Å². The molecule has 1 saturated carbocycles. The highest BCUT2D eigenvalue weighted by molar-refractivity contribution is 7.89. The summed E-state index contributed by atoms with van der Waals surface area (Å²) in [5.74, 6) is -0.525. The molecule has 1 aliphatic carbocycles. The van der Waals surface area contributed by atoms with E-state index < -0.39 is 21.4 Å². The van der Waals surface area contributed by atoms with Crippen molar-refractivity contribution in [2.75, 3.05) is 6.54 Å². The van der Waals surface area contributed by atoms with Crippen molar-refractivity contribution in [2.24, 2.45) is 5.73 Å². The summed E-state index contributed by atoms with van der Waals surface area (Å²) in [6.45, 7) is 1.74. The summed E-state index contributed by atoms with van der Waals surface area (Å²) in [6, 6.07) is 2.27. The van der Waals surface area contributed by atoms with E-state index in [9.17, 15) is 12.8 Å². The molecule has 0 bridgehead atoms. The molecule has 0 heterocycles. The summed E-state index contributed by atoms with van der Waals surface area (Å²) < 4.78 is 41.0. The molecule has 0 spiro atoms. The van der Waals surface area contributed by atoms with E-state index in [0.29, 0.717) is 12.8 Å². The molecule has 21 heavy (non-hydrogen) atoms. The molecule has 1 fully saturated rings. The van der Waals surface area contributed by atoms with Crippen LogP contribution in [0.25, 0.3) is 0 Å². The Labute approximate surface area is 135 Å². The zero-order chi connectivity index (χ0) is 15.0. The SMILES string of the molecule is Cc1cc(S(=O)(=O)NC2(CN)CCCC2)c(Cl)cc1F.Cl. The van der Waals surface area contributed by atoms with Gasteiger partial charge in [-0.1, -0.05) is 24.4 Å². The minimum atomic E-state index is -3.81. The Hall–Kier alpha value is -0.400. The fourth-order valence-electron chi connectivity index (χ4n) is 2.58. The fraction of sp³-hybridized carbons (Fsp3) is 0.538. The first kappa shape index (κ1) is 18.6. The van der Waals surface area contributed by atoms with Gasteiger partial charge in [0, 0.05) is 12.1 Å². The number of hydrogen-bond donors (Lipinski definition) is 2. The lowest BCUT2D eigenvalue weighted by atomic mass is 10.0. The normalized spacial score (nSPS) is 17.5. The van der Waals surface area contributed by atoms with Crippen molar-refractivity contribution < 1.29 is 12.8 Å². The first-order valence-electron chi connectivity index (χ1n) is 6.49. The molecule has 0 atom stereocenters. The van der Waals surface area contributed by atoms with E-state index in [2.05, 4.69) is 4.72 Å². The molecule has 1 aromatic rings. The number of aryl methyl sites for hydroxylation is 1. The summed E-state index contributed by atoms with van der Waals surface area (Å²) in [6.07, 6.45) is 3.30. The number of benzene rings is 1. The molecular formula is C13H19Cl2FN2O2S. The van der Waals surface area contributed by atoms with Gasteiger partial charge < -0.3 is 5.73 Å². The van der Waals surface area contributed by atoms with E-state index in [1.54, 1.807) is 0 Å². The van der Waals surface area contributed by atoms with Crippen molar-refractivity contribution >= 4 is 34.0 Å². The molecule has 8 heteroatoms. The lowest BCUT2D eigenvalue weighted by Gasteiger charge is -2.28. The van der Waals surface area contributed by atoms with Crippen LogP contribution in [-0.2, 0) is 10.0 Å². The Morgan fingerprint density at radius 2 is 1.95 bits per heavy atom. The molecule has 3 N–H and O–H groups in total. The third-order valence-electron chi connectivity index (χ3n) is 3.80. The molecule has 4 nitrogen and oxygen atoms in total. The van der Waals surface area contributed by atoms with E-state index >= 15 is 0 Å². The predicted octanol–water partition coefficient (Wildman–Crippen LogP) is 2.76. The van der Waals surface area contributed by atoms with Gasteiger partial charge in [0.1, 0.15) is 10.7 Å². The zero-order valence-corrected chi connectivity index (χ0v) is 14.0. The Morgan fingerprint density at radius 3 is 2.48 bits per heavy atom. The van der Waals surface area contributed by atoms with Crippen molar-refractivity contribution in [1.82, 2.24) is 4.72 Å². The van der Waals surface area contributed by atoms with E-state index in [1.165, 1.54) is 13.0 Å². The Kier molecular flexibility index (Phi) is 6.03. The monoisotopic (exact) mass is 356 g/mol. The van der Waals surface area contributed by atoms with Crippen molar-refractivity contribution in [3.8, 4) is 0 Å². The second-order valence-corrected chi connectivity index (χ2v) is 7.39. The van der Waals surface area contributed by atoms with Gasteiger partial charge in [-0.05, 0) is 37.5 Å². The average molecular weight is 357 g/mol. The highest BCUT2D eigenvalue weighted by Gasteiger charge is 2.37. The second kappa shape index (κ2) is 6.79. The van der Waals surface area contributed by atoms with Crippen LogP contribution in [-0.4, -0.2) is 20.5 Å². The highest BCUT2D eigenvalue weighted by Crippen LogP contribution is 2.32. The summed E-state index contributed by atoms with van der Waals surface area (Å²) in [5, 5.41) is -0.120. The van der Waals surface area contributed by atoms with Gasteiger partial charge in [-0.2, -0.15) is 0 Å². The molecule has 0 saturated heterocycles. The minimum Gasteiger partial charge on any atom is -0.329 e. The number of sulfonamides is 1. The van der Waals surface area contributed by atoms with Gasteiger partial charge >= 0.3 is 0 Å². The summed E-state index contributed by atoms with van der Waals surface area (Å²) in [5.41, 5.74) is 5.36. The largest absolute Gasteiger partial charge is 0.329 e. The smallest absolute Gasteiger partial charge is 0.242 e. The maximum Gasteiger partial charge on any atom is 0.242 e. The van der Waals surface area contributed by atoms with Gasteiger partial charge in [-0.25, -0.2) is 17.5 Å². The van der Waals surface area contributed by atoms with Crippen LogP contribution < -0.4 is 10.5 Å². The lowest BCUT2D eigenvalue weighted by Crippen LogP contribution is -2.51. The number of hydrogen-bond acceptors (Lipinski definition) is 3. The second-order valence-electron chi connectivity index (χ2n) is 5.33. The fourth-order valence-corrected chi connectivity index (χ4v) is 4.65. The Bertz CT molecular complexity index is 617. The zero-order valence-electron chi connectivity index (χ0n) is 11.7. The third kappa shape index (κ3) is 3.87. The summed E-state index contributed by atoms with van der Waals surface area (Å²) in [7, 11) is -3.81. The van der Waals surface area contributed by atoms with E-state index in [4.69, 9.17) is 17.3 Å². The van der Waals surface area contributed by atoms with Crippen LogP contribution in [0.1, 0.15) is 31.2 Å². The quantitative estimate of drug-likeness (QED) is 0.870. The Balaban J connectivity index is 0.00000220. The molecule has 1 aromatic carbocycles. The maximum atomic E-state index is 13.4. The van der Waals surface area contributed by atoms with Crippen LogP contribution in [0.5, 0.6) is 0 Å². The van der Waals surface area contributed by atoms with E-state index in [-0.39, 0.29) is 34.4 Å². The summed E-state index contributed by atoms with van der Waals surface area (Å²) >= 11 is 5.87. The van der Waals surface area contributed by atoms with Gasteiger partial charge in [0.2, 0.25) is 10.0 Å². The molecule has 2 rings (SSSR count). The van der Waals surface area contributed by atoms with Gasteiger partial charge in [-0.15, -0.1) is 12.4 Å². The molecule has 0 unspecified atom stereocenters. The molecule has 120 valence electrons. The average Bonchev–Trinajstić information content (AvgIpc) is 2.82. The highest BCUT2D eigenvalue weighted by atomic mass is 35.5. The van der Waals surface area contributed by atoms with Crippen LogP contribution >= 0.6 is 24.0 Å². The van der Waals surface area contributed by atoms with Crippen molar-refractivity contribution in [1.29, 1.82) is 0 Å². The van der Waals surface area contributed by atoms with Crippen LogP contribution in [0.15, 0.2) is 17.0 Å².